The molecule has 1 aromatic carbocycles. The van der Waals surface area contributed by atoms with Crippen molar-refractivity contribution in [2.24, 2.45) is 0 Å². The molecule has 0 amide bonds. The summed E-state index contributed by atoms with van der Waals surface area (Å²) in [6.07, 6.45) is 0.322. The van der Waals surface area contributed by atoms with Crippen LogP contribution in [0.25, 0.3) is 0 Å². The van der Waals surface area contributed by atoms with Crippen LogP contribution in [0.3, 0.4) is 0 Å². The van der Waals surface area contributed by atoms with Gasteiger partial charge in [-0.15, -0.1) is 0 Å². The van der Waals surface area contributed by atoms with Crippen LogP contribution >= 0.6 is 0 Å². The quantitative estimate of drug-likeness (QED) is 0.863. The third kappa shape index (κ3) is 3.80. The van der Waals surface area contributed by atoms with Gasteiger partial charge in [0.05, 0.1) is 12.7 Å². The van der Waals surface area contributed by atoms with Crippen molar-refractivity contribution in [3.63, 3.8) is 0 Å². The minimum absolute atomic E-state index is 0.322. The number of piperazine rings is 1. The zero-order chi connectivity index (χ0) is 12.8. The lowest BCUT2D eigenvalue weighted by Gasteiger charge is -2.36. The molecule has 1 aliphatic rings. The van der Waals surface area contributed by atoms with Crippen LogP contribution in [-0.2, 0) is 4.74 Å². The minimum Gasteiger partial charge on any atom is -0.377 e. The van der Waals surface area contributed by atoms with E-state index in [1.807, 2.05) is 0 Å². The maximum absolute atomic E-state index is 5.67. The molecule has 3 heteroatoms. The molecule has 1 aromatic rings. The molecule has 1 aliphatic heterocycles. The lowest BCUT2D eigenvalue weighted by molar-refractivity contribution is 0.0430. The number of benzene rings is 1. The highest BCUT2D eigenvalue weighted by molar-refractivity contribution is 5.20. The van der Waals surface area contributed by atoms with Crippen molar-refractivity contribution >= 4 is 0 Å². The van der Waals surface area contributed by atoms with Crippen LogP contribution in [0, 0.1) is 0 Å². The molecule has 0 bridgehead atoms. The second-order valence-corrected chi connectivity index (χ2v) is 5.09. The molecule has 0 aliphatic carbocycles. The molecule has 3 nitrogen and oxygen atoms in total. The van der Waals surface area contributed by atoms with Gasteiger partial charge in [0.2, 0.25) is 0 Å². The van der Waals surface area contributed by atoms with E-state index in [0.29, 0.717) is 12.1 Å². The van der Waals surface area contributed by atoms with Crippen LogP contribution < -0.4 is 5.32 Å². The fourth-order valence-corrected chi connectivity index (χ4v) is 2.42. The Hall–Kier alpha value is -0.900. The maximum Gasteiger partial charge on any atom is 0.0597 e. The van der Waals surface area contributed by atoms with Crippen molar-refractivity contribution < 1.29 is 4.74 Å². The molecule has 1 atom stereocenters. The Morgan fingerprint density at radius 1 is 1.33 bits per heavy atom. The van der Waals surface area contributed by atoms with Gasteiger partial charge in [-0.2, -0.15) is 0 Å². The second kappa shape index (κ2) is 6.88. The van der Waals surface area contributed by atoms with Gasteiger partial charge in [-0.1, -0.05) is 30.3 Å². The molecule has 0 aromatic heterocycles. The molecule has 18 heavy (non-hydrogen) atoms. The molecular weight excluding hydrogens is 224 g/mol. The van der Waals surface area contributed by atoms with Gasteiger partial charge in [0, 0.05) is 32.2 Å². The third-order valence-electron chi connectivity index (χ3n) is 3.37. The Morgan fingerprint density at radius 2 is 2.11 bits per heavy atom. The summed E-state index contributed by atoms with van der Waals surface area (Å²) in [6, 6.07) is 11.2. The molecule has 1 N–H and O–H groups in total. The van der Waals surface area contributed by atoms with E-state index in [-0.39, 0.29) is 0 Å². The number of rotatable bonds is 5. The molecule has 0 radical (unpaired) electrons. The van der Waals surface area contributed by atoms with E-state index in [0.717, 1.165) is 32.8 Å². The smallest absolute Gasteiger partial charge is 0.0597 e. The lowest BCUT2D eigenvalue weighted by Crippen LogP contribution is -2.47. The van der Waals surface area contributed by atoms with Crippen molar-refractivity contribution in [1.29, 1.82) is 0 Å². The first kappa shape index (κ1) is 13.5. The summed E-state index contributed by atoms with van der Waals surface area (Å²) in [7, 11) is 0. The lowest BCUT2D eigenvalue weighted by atomic mass is 10.0. The van der Waals surface area contributed by atoms with Gasteiger partial charge >= 0.3 is 0 Å². The summed E-state index contributed by atoms with van der Waals surface area (Å²) >= 11 is 0. The van der Waals surface area contributed by atoms with E-state index in [1.54, 1.807) is 0 Å². The Balaban J connectivity index is 1.94. The molecule has 2 rings (SSSR count). The highest BCUT2D eigenvalue weighted by atomic mass is 16.5. The number of nitrogens with zero attached hydrogens (tertiary/aromatic N) is 1. The van der Waals surface area contributed by atoms with Crippen LogP contribution in [-0.4, -0.2) is 43.8 Å². The summed E-state index contributed by atoms with van der Waals surface area (Å²) in [5, 5.41) is 3.48. The number of nitrogens with one attached hydrogen (secondary N) is 1. The summed E-state index contributed by atoms with van der Waals surface area (Å²) < 4.78 is 5.67. The van der Waals surface area contributed by atoms with Crippen LogP contribution in [0.2, 0.25) is 0 Å². The fourth-order valence-electron chi connectivity index (χ4n) is 2.42. The highest BCUT2D eigenvalue weighted by Crippen LogP contribution is 2.21. The number of hydrogen-bond acceptors (Lipinski definition) is 3. The molecular formula is C15H24N2O. The van der Waals surface area contributed by atoms with E-state index in [2.05, 4.69) is 54.4 Å². The van der Waals surface area contributed by atoms with Crippen LogP contribution in [0.5, 0.6) is 0 Å². The highest BCUT2D eigenvalue weighted by Gasteiger charge is 2.22. The maximum atomic E-state index is 5.67. The van der Waals surface area contributed by atoms with Crippen LogP contribution in [0.4, 0.5) is 0 Å². The molecule has 1 saturated heterocycles. The normalized spacial score (nSPS) is 21.4. The predicted molar refractivity (Wildman–Crippen MR) is 74.7 cm³/mol. The van der Waals surface area contributed by atoms with E-state index >= 15 is 0 Å². The van der Waals surface area contributed by atoms with Gasteiger partial charge in [0.1, 0.15) is 0 Å². The summed E-state index contributed by atoms with van der Waals surface area (Å²) in [5.74, 6) is 0. The Labute approximate surface area is 110 Å². The molecule has 0 spiro atoms. The standard InChI is InChI=1S/C15H24N2O/c1-13(2)18-11-10-17-9-8-16-12-15(17)14-6-4-3-5-7-14/h3-7,13,15-16H,8-12H2,1-2H3. The van der Waals surface area contributed by atoms with Gasteiger partial charge in [0.25, 0.3) is 0 Å². The summed E-state index contributed by atoms with van der Waals surface area (Å²) in [5.41, 5.74) is 1.40. The summed E-state index contributed by atoms with van der Waals surface area (Å²) in [4.78, 5) is 2.52. The predicted octanol–water partition coefficient (Wildman–Crippen LogP) is 2.06. The van der Waals surface area contributed by atoms with Crippen molar-refractivity contribution in [2.45, 2.75) is 26.0 Å². The van der Waals surface area contributed by atoms with Gasteiger partial charge < -0.3 is 10.1 Å². The van der Waals surface area contributed by atoms with Gasteiger partial charge in [-0.3, -0.25) is 4.90 Å². The van der Waals surface area contributed by atoms with Crippen molar-refractivity contribution in [3.05, 3.63) is 35.9 Å². The Bertz CT molecular complexity index is 340. The van der Waals surface area contributed by atoms with Gasteiger partial charge in [-0.05, 0) is 19.4 Å². The van der Waals surface area contributed by atoms with Crippen LogP contribution in [0.1, 0.15) is 25.5 Å². The van der Waals surface area contributed by atoms with Gasteiger partial charge in [0.15, 0.2) is 0 Å². The molecule has 1 fully saturated rings. The van der Waals surface area contributed by atoms with E-state index < -0.39 is 0 Å². The number of ether oxygens (including phenoxy) is 1. The van der Waals surface area contributed by atoms with Crippen molar-refractivity contribution in [1.82, 2.24) is 10.2 Å². The molecule has 1 heterocycles. The van der Waals surface area contributed by atoms with Crippen molar-refractivity contribution in [2.75, 3.05) is 32.8 Å². The second-order valence-electron chi connectivity index (χ2n) is 5.09. The van der Waals surface area contributed by atoms with Crippen LogP contribution in [0.15, 0.2) is 30.3 Å². The first-order valence-corrected chi connectivity index (χ1v) is 6.88. The number of hydrogen-bond donors (Lipinski definition) is 1. The first-order valence-electron chi connectivity index (χ1n) is 6.88. The largest absolute Gasteiger partial charge is 0.377 e. The zero-order valence-corrected chi connectivity index (χ0v) is 11.4. The van der Waals surface area contributed by atoms with Crippen molar-refractivity contribution in [3.8, 4) is 0 Å². The third-order valence-corrected chi connectivity index (χ3v) is 3.37. The van der Waals surface area contributed by atoms with Gasteiger partial charge in [-0.25, -0.2) is 0 Å². The zero-order valence-electron chi connectivity index (χ0n) is 11.4. The minimum atomic E-state index is 0.322. The molecule has 100 valence electrons. The fraction of sp³-hybridized carbons (Fsp3) is 0.600. The van der Waals surface area contributed by atoms with E-state index in [9.17, 15) is 0 Å². The first-order chi connectivity index (χ1) is 8.77. The Morgan fingerprint density at radius 3 is 2.83 bits per heavy atom. The summed E-state index contributed by atoms with van der Waals surface area (Å²) in [6.45, 7) is 9.22. The van der Waals surface area contributed by atoms with E-state index in [1.165, 1.54) is 5.56 Å². The average molecular weight is 248 g/mol. The topological polar surface area (TPSA) is 24.5 Å². The average Bonchev–Trinajstić information content (AvgIpc) is 2.40. The SMILES string of the molecule is CC(C)OCCN1CCNCC1c1ccccc1. The Kier molecular flexibility index (Phi) is 5.17. The molecule has 1 unspecified atom stereocenters. The monoisotopic (exact) mass is 248 g/mol. The molecule has 0 saturated carbocycles. The van der Waals surface area contributed by atoms with E-state index in [4.69, 9.17) is 4.74 Å².